The maximum Gasteiger partial charge on any atom is 0.0832 e. The average Bonchev–Trinajstić information content (AvgIpc) is 2.54. The Morgan fingerprint density at radius 3 is 2.50 bits per heavy atom. The zero-order valence-corrected chi connectivity index (χ0v) is 7.71. The van der Waals surface area contributed by atoms with E-state index in [1.54, 1.807) is 0 Å². The van der Waals surface area contributed by atoms with Crippen LogP contribution < -0.4 is 0 Å². The summed E-state index contributed by atoms with van der Waals surface area (Å²) in [5.74, 6) is 0. The SMILES string of the molecule is CCCC(O)C1(C#N)CCCC1. The number of nitrogens with zero attached hydrogens (tertiary/aromatic N) is 1. The first kappa shape index (κ1) is 9.54. The highest BCUT2D eigenvalue weighted by Crippen LogP contribution is 2.41. The third-order valence-corrected chi connectivity index (χ3v) is 2.92. The first-order chi connectivity index (χ1) is 5.75. The lowest BCUT2D eigenvalue weighted by atomic mass is 9.80. The number of hydrogen-bond acceptors (Lipinski definition) is 2. The number of hydrogen-bond donors (Lipinski definition) is 1. The first-order valence-corrected chi connectivity index (χ1v) is 4.84. The maximum absolute atomic E-state index is 9.78. The van der Waals surface area contributed by atoms with Gasteiger partial charge in [-0.2, -0.15) is 5.26 Å². The molecule has 0 aromatic rings. The summed E-state index contributed by atoms with van der Waals surface area (Å²) >= 11 is 0. The van der Waals surface area contributed by atoms with Gasteiger partial charge in [-0.1, -0.05) is 26.2 Å². The van der Waals surface area contributed by atoms with Crippen molar-refractivity contribution in [3.05, 3.63) is 0 Å². The molecule has 0 aromatic heterocycles. The first-order valence-electron chi connectivity index (χ1n) is 4.84. The molecule has 68 valence electrons. The largest absolute Gasteiger partial charge is 0.391 e. The maximum atomic E-state index is 9.78. The molecule has 0 amide bonds. The number of aliphatic hydroxyl groups excluding tert-OH is 1. The van der Waals surface area contributed by atoms with Gasteiger partial charge < -0.3 is 5.11 Å². The lowest BCUT2D eigenvalue weighted by Crippen LogP contribution is -2.30. The van der Waals surface area contributed by atoms with Gasteiger partial charge in [0.2, 0.25) is 0 Å². The van der Waals surface area contributed by atoms with E-state index in [4.69, 9.17) is 5.26 Å². The molecule has 0 radical (unpaired) electrons. The van der Waals surface area contributed by atoms with Gasteiger partial charge in [0.05, 0.1) is 17.6 Å². The van der Waals surface area contributed by atoms with Crippen molar-refractivity contribution in [2.75, 3.05) is 0 Å². The topological polar surface area (TPSA) is 44.0 Å². The summed E-state index contributed by atoms with van der Waals surface area (Å²) in [4.78, 5) is 0. The minimum Gasteiger partial charge on any atom is -0.391 e. The van der Waals surface area contributed by atoms with E-state index in [-0.39, 0.29) is 0 Å². The van der Waals surface area contributed by atoms with Crippen molar-refractivity contribution in [1.29, 1.82) is 5.26 Å². The highest BCUT2D eigenvalue weighted by atomic mass is 16.3. The van der Waals surface area contributed by atoms with Crippen LogP contribution in [0.3, 0.4) is 0 Å². The molecule has 0 spiro atoms. The molecule has 0 aromatic carbocycles. The predicted octanol–water partition coefficient (Wildman–Crippen LogP) is 2.23. The van der Waals surface area contributed by atoms with Gasteiger partial charge in [-0.25, -0.2) is 0 Å². The molecule has 2 heteroatoms. The van der Waals surface area contributed by atoms with Crippen molar-refractivity contribution in [2.45, 2.75) is 51.6 Å². The summed E-state index contributed by atoms with van der Waals surface area (Å²) < 4.78 is 0. The number of rotatable bonds is 3. The van der Waals surface area contributed by atoms with Crippen LogP contribution in [0.25, 0.3) is 0 Å². The van der Waals surface area contributed by atoms with Gasteiger partial charge in [-0.05, 0) is 19.3 Å². The fourth-order valence-corrected chi connectivity index (χ4v) is 2.08. The fraction of sp³-hybridized carbons (Fsp3) is 0.900. The van der Waals surface area contributed by atoms with E-state index in [2.05, 4.69) is 6.07 Å². The van der Waals surface area contributed by atoms with Crippen molar-refractivity contribution >= 4 is 0 Å². The van der Waals surface area contributed by atoms with Crippen molar-refractivity contribution in [3.63, 3.8) is 0 Å². The van der Waals surface area contributed by atoms with Crippen LogP contribution >= 0.6 is 0 Å². The molecule has 1 unspecified atom stereocenters. The summed E-state index contributed by atoms with van der Waals surface area (Å²) in [6.07, 6.45) is 5.34. The minimum absolute atomic E-state index is 0.393. The fourth-order valence-electron chi connectivity index (χ4n) is 2.08. The molecule has 12 heavy (non-hydrogen) atoms. The van der Waals surface area contributed by atoms with E-state index in [9.17, 15) is 5.11 Å². The Hall–Kier alpha value is -0.550. The molecule has 1 saturated carbocycles. The lowest BCUT2D eigenvalue weighted by molar-refractivity contribution is 0.0594. The third kappa shape index (κ3) is 1.61. The summed E-state index contributed by atoms with van der Waals surface area (Å²) in [6.45, 7) is 2.04. The highest BCUT2D eigenvalue weighted by Gasteiger charge is 2.40. The van der Waals surface area contributed by atoms with E-state index in [1.807, 2.05) is 6.92 Å². The Labute approximate surface area is 74.2 Å². The molecular formula is C10H17NO. The predicted molar refractivity (Wildman–Crippen MR) is 47.4 cm³/mol. The van der Waals surface area contributed by atoms with Crippen LogP contribution in [-0.2, 0) is 0 Å². The molecular weight excluding hydrogens is 150 g/mol. The molecule has 1 N–H and O–H groups in total. The normalized spacial score (nSPS) is 23.4. The van der Waals surface area contributed by atoms with E-state index in [1.165, 1.54) is 0 Å². The average molecular weight is 167 g/mol. The van der Waals surface area contributed by atoms with Gasteiger partial charge in [0.25, 0.3) is 0 Å². The van der Waals surface area contributed by atoms with Crippen molar-refractivity contribution in [1.82, 2.24) is 0 Å². The van der Waals surface area contributed by atoms with Gasteiger partial charge in [0.1, 0.15) is 0 Å². The summed E-state index contributed by atoms with van der Waals surface area (Å²) in [5.41, 5.74) is -0.393. The highest BCUT2D eigenvalue weighted by molar-refractivity contribution is 5.06. The van der Waals surface area contributed by atoms with E-state index >= 15 is 0 Å². The molecule has 0 heterocycles. The van der Waals surface area contributed by atoms with Crippen molar-refractivity contribution < 1.29 is 5.11 Å². The molecule has 1 atom stereocenters. The molecule has 0 saturated heterocycles. The molecule has 0 bridgehead atoms. The van der Waals surface area contributed by atoms with Crippen LogP contribution in [0.1, 0.15) is 45.4 Å². The molecule has 1 fully saturated rings. The smallest absolute Gasteiger partial charge is 0.0832 e. The van der Waals surface area contributed by atoms with Crippen LogP contribution in [0.2, 0.25) is 0 Å². The quantitative estimate of drug-likeness (QED) is 0.700. The van der Waals surface area contributed by atoms with E-state index < -0.39 is 11.5 Å². The molecule has 2 nitrogen and oxygen atoms in total. The Morgan fingerprint density at radius 1 is 1.50 bits per heavy atom. The Bertz CT molecular complexity index is 177. The molecule has 1 rings (SSSR count). The second-order valence-electron chi connectivity index (χ2n) is 3.78. The van der Waals surface area contributed by atoms with Crippen molar-refractivity contribution in [3.8, 4) is 6.07 Å². The zero-order chi connectivity index (χ0) is 9.03. The second kappa shape index (κ2) is 3.91. The second-order valence-corrected chi connectivity index (χ2v) is 3.78. The standard InChI is InChI=1S/C10H17NO/c1-2-5-9(12)10(8-11)6-3-4-7-10/h9,12H,2-7H2,1H3. The van der Waals surface area contributed by atoms with Gasteiger partial charge in [-0.15, -0.1) is 0 Å². The number of nitriles is 1. The van der Waals surface area contributed by atoms with Gasteiger partial charge in [0, 0.05) is 0 Å². The van der Waals surface area contributed by atoms with Crippen molar-refractivity contribution in [2.24, 2.45) is 5.41 Å². The Kier molecular flexibility index (Phi) is 3.11. The van der Waals surface area contributed by atoms with Crippen LogP contribution in [-0.4, -0.2) is 11.2 Å². The summed E-state index contributed by atoms with van der Waals surface area (Å²) in [7, 11) is 0. The van der Waals surface area contributed by atoms with Gasteiger partial charge in [0.15, 0.2) is 0 Å². The summed E-state index contributed by atoms with van der Waals surface area (Å²) in [5, 5.41) is 18.8. The van der Waals surface area contributed by atoms with Crippen LogP contribution in [0.15, 0.2) is 0 Å². The molecule has 1 aliphatic rings. The minimum atomic E-state index is -0.394. The van der Waals surface area contributed by atoms with E-state index in [0.29, 0.717) is 0 Å². The Morgan fingerprint density at radius 2 is 2.08 bits per heavy atom. The Balaban J connectivity index is 2.60. The van der Waals surface area contributed by atoms with Crippen LogP contribution in [0.4, 0.5) is 0 Å². The number of aliphatic hydroxyl groups is 1. The van der Waals surface area contributed by atoms with Gasteiger partial charge in [-0.3, -0.25) is 0 Å². The zero-order valence-electron chi connectivity index (χ0n) is 7.71. The summed E-state index contributed by atoms with van der Waals surface area (Å²) in [6, 6.07) is 2.31. The van der Waals surface area contributed by atoms with Gasteiger partial charge >= 0.3 is 0 Å². The van der Waals surface area contributed by atoms with Crippen LogP contribution in [0.5, 0.6) is 0 Å². The van der Waals surface area contributed by atoms with Crippen LogP contribution in [0, 0.1) is 16.7 Å². The third-order valence-electron chi connectivity index (χ3n) is 2.92. The van der Waals surface area contributed by atoms with E-state index in [0.717, 1.165) is 38.5 Å². The molecule has 1 aliphatic carbocycles. The molecule has 0 aliphatic heterocycles. The lowest BCUT2D eigenvalue weighted by Gasteiger charge is -2.26. The monoisotopic (exact) mass is 167 g/mol.